The molecule has 130 valence electrons. The van der Waals surface area contributed by atoms with Gasteiger partial charge in [0, 0.05) is 0 Å². The lowest BCUT2D eigenvalue weighted by atomic mass is 10.1. The Balaban J connectivity index is 1.68. The summed E-state index contributed by atoms with van der Waals surface area (Å²) in [5.41, 5.74) is -0.745. The maximum atomic E-state index is 12.5. The Hall–Kier alpha value is -2.72. The molecule has 2 aromatic carbocycles. The molecule has 0 N–H and O–H groups in total. The zero-order chi connectivity index (χ0) is 18.2. The smallest absolute Gasteiger partial charge is 0.379 e. The molecule has 0 aliphatic carbocycles. The van der Waals surface area contributed by atoms with E-state index in [0.29, 0.717) is 0 Å². The minimum absolute atomic E-state index is 0.0824. The van der Waals surface area contributed by atoms with E-state index in [4.69, 9.17) is 4.18 Å². The van der Waals surface area contributed by atoms with Crippen LogP contribution < -0.4 is 4.18 Å². The first-order valence-electron chi connectivity index (χ1n) is 6.71. The second kappa shape index (κ2) is 6.30. The van der Waals surface area contributed by atoms with Gasteiger partial charge in [-0.3, -0.25) is 9.59 Å². The third kappa shape index (κ3) is 3.39. The summed E-state index contributed by atoms with van der Waals surface area (Å²) in [7, 11) is 0. The normalized spacial score (nSPS) is 15.2. The highest BCUT2D eigenvalue weighted by molar-refractivity contribution is 7.75. The lowest BCUT2D eigenvalue weighted by Crippen LogP contribution is -2.31. The van der Waals surface area contributed by atoms with Crippen molar-refractivity contribution in [1.29, 1.82) is 0 Å². The van der Waals surface area contributed by atoms with Crippen LogP contribution in [0.2, 0.25) is 0 Å². The molecule has 1 aliphatic rings. The van der Waals surface area contributed by atoms with Crippen LogP contribution in [0, 0.1) is 0 Å². The van der Waals surface area contributed by atoms with Crippen molar-refractivity contribution in [2.24, 2.45) is 0 Å². The summed E-state index contributed by atoms with van der Waals surface area (Å²) in [4.78, 5) is 24.0. The Kier molecular flexibility index (Phi) is 4.31. The maximum absolute atomic E-state index is 12.5. The zero-order valence-corrected chi connectivity index (χ0v) is 13.0. The number of halogens is 3. The third-order valence-corrected chi connectivity index (χ3v) is 3.84. The molecular weight excluding hydrogens is 363 g/mol. The predicted molar refractivity (Wildman–Crippen MR) is 78.2 cm³/mol. The summed E-state index contributed by atoms with van der Waals surface area (Å²) in [6.45, 7) is 0. The topological polar surface area (TPSA) is 72.9 Å². The molecule has 1 atom stereocenters. The first-order valence-corrected chi connectivity index (χ1v) is 7.71. The Labute approximate surface area is 141 Å². The molecule has 0 bridgehead atoms. The largest absolute Gasteiger partial charge is 0.416 e. The molecule has 0 saturated heterocycles. The van der Waals surface area contributed by atoms with Gasteiger partial charge >= 0.3 is 17.5 Å². The van der Waals surface area contributed by atoms with Gasteiger partial charge in [0.05, 0.1) is 16.7 Å². The SMILES string of the molecule is O=C1c2ccccc2C(=O)N1OS(=O)Oc1ccc(C(F)(F)F)cc1. The first-order chi connectivity index (χ1) is 11.8. The van der Waals surface area contributed by atoms with Gasteiger partial charge in [0.1, 0.15) is 5.75 Å². The number of hydrogen-bond donors (Lipinski definition) is 0. The number of carbonyl (C=O) groups excluding carboxylic acids is 2. The quantitative estimate of drug-likeness (QED) is 0.773. The van der Waals surface area contributed by atoms with Gasteiger partial charge in [-0.2, -0.15) is 17.4 Å². The van der Waals surface area contributed by atoms with E-state index in [-0.39, 0.29) is 21.9 Å². The highest BCUT2D eigenvalue weighted by atomic mass is 32.2. The number of fused-ring (bicyclic) bond motifs is 1. The number of nitrogens with zero attached hydrogens (tertiary/aromatic N) is 1. The summed E-state index contributed by atoms with van der Waals surface area (Å²) in [5, 5.41) is 0.283. The van der Waals surface area contributed by atoms with Crippen LogP contribution in [0.15, 0.2) is 48.5 Å². The van der Waals surface area contributed by atoms with Gasteiger partial charge < -0.3 is 4.18 Å². The van der Waals surface area contributed by atoms with E-state index < -0.39 is 34.9 Å². The van der Waals surface area contributed by atoms with Crippen molar-refractivity contribution in [1.82, 2.24) is 5.06 Å². The maximum Gasteiger partial charge on any atom is 0.416 e. The van der Waals surface area contributed by atoms with E-state index in [0.717, 1.165) is 24.3 Å². The summed E-state index contributed by atoms with van der Waals surface area (Å²) in [5.74, 6) is -1.82. The van der Waals surface area contributed by atoms with Gasteiger partial charge in [-0.05, 0) is 36.4 Å². The van der Waals surface area contributed by atoms with Crippen LogP contribution in [0.3, 0.4) is 0 Å². The van der Waals surface area contributed by atoms with Gasteiger partial charge in [-0.1, -0.05) is 12.1 Å². The van der Waals surface area contributed by atoms with Gasteiger partial charge in [0.2, 0.25) is 0 Å². The molecule has 1 heterocycles. The van der Waals surface area contributed by atoms with Crippen LogP contribution in [-0.4, -0.2) is 21.1 Å². The molecule has 0 fully saturated rings. The van der Waals surface area contributed by atoms with E-state index in [1.54, 1.807) is 12.1 Å². The number of hydroxylamine groups is 2. The number of amides is 2. The Morgan fingerprint density at radius 1 is 0.880 bits per heavy atom. The van der Waals surface area contributed by atoms with E-state index in [2.05, 4.69) is 4.28 Å². The second-order valence-corrected chi connectivity index (χ2v) is 5.56. The van der Waals surface area contributed by atoms with Crippen molar-refractivity contribution in [2.45, 2.75) is 6.18 Å². The molecule has 6 nitrogen and oxygen atoms in total. The second-order valence-electron chi connectivity index (χ2n) is 4.83. The number of benzene rings is 2. The van der Waals surface area contributed by atoms with Crippen LogP contribution in [-0.2, 0) is 21.8 Å². The van der Waals surface area contributed by atoms with Crippen molar-refractivity contribution < 1.29 is 35.4 Å². The number of hydrogen-bond acceptors (Lipinski definition) is 5. The number of carbonyl (C=O) groups is 2. The van der Waals surface area contributed by atoms with Crippen LogP contribution in [0.5, 0.6) is 5.75 Å². The molecule has 0 radical (unpaired) electrons. The summed E-state index contributed by atoms with van der Waals surface area (Å²) >= 11 is -2.62. The summed E-state index contributed by atoms with van der Waals surface area (Å²) < 4.78 is 58.6. The van der Waals surface area contributed by atoms with Gasteiger partial charge in [0.15, 0.2) is 0 Å². The summed E-state index contributed by atoms with van der Waals surface area (Å²) in [6, 6.07) is 9.23. The van der Waals surface area contributed by atoms with E-state index in [1.807, 2.05) is 0 Å². The third-order valence-electron chi connectivity index (χ3n) is 3.24. The Morgan fingerprint density at radius 3 is 1.88 bits per heavy atom. The van der Waals surface area contributed by atoms with Crippen LogP contribution in [0.1, 0.15) is 26.3 Å². The van der Waals surface area contributed by atoms with Crippen LogP contribution in [0.25, 0.3) is 0 Å². The molecule has 2 amide bonds. The van der Waals surface area contributed by atoms with Crippen molar-refractivity contribution >= 4 is 23.2 Å². The first kappa shape index (κ1) is 17.1. The molecule has 0 saturated carbocycles. The predicted octanol–water partition coefficient (Wildman–Crippen LogP) is 2.89. The number of rotatable bonds is 4. The van der Waals surface area contributed by atoms with Gasteiger partial charge in [0.25, 0.3) is 11.8 Å². The van der Waals surface area contributed by atoms with Crippen molar-refractivity contribution in [3.8, 4) is 5.75 Å². The molecule has 10 heteroatoms. The lowest BCUT2D eigenvalue weighted by molar-refractivity contribution is -0.137. The average Bonchev–Trinajstić information content (AvgIpc) is 2.80. The zero-order valence-electron chi connectivity index (χ0n) is 12.1. The van der Waals surface area contributed by atoms with Gasteiger partial charge in [-0.15, -0.1) is 9.35 Å². The minimum atomic E-state index is -4.52. The molecule has 1 unspecified atom stereocenters. The van der Waals surface area contributed by atoms with Gasteiger partial charge in [-0.25, -0.2) is 0 Å². The van der Waals surface area contributed by atoms with Crippen molar-refractivity contribution in [3.63, 3.8) is 0 Å². The highest BCUT2D eigenvalue weighted by Gasteiger charge is 2.38. The Bertz CT molecular complexity index is 831. The average molecular weight is 371 g/mol. The van der Waals surface area contributed by atoms with E-state index in [9.17, 15) is 27.0 Å². The standard InChI is InChI=1S/C15H8F3NO5S/c16-15(17,18)9-5-7-10(8-6-9)23-25(22)24-19-13(20)11-3-1-2-4-12(11)14(19)21/h1-8H. The fourth-order valence-electron chi connectivity index (χ4n) is 2.09. The number of alkyl halides is 3. The highest BCUT2D eigenvalue weighted by Crippen LogP contribution is 2.30. The fourth-order valence-corrected chi connectivity index (χ4v) is 2.64. The minimum Gasteiger partial charge on any atom is -0.379 e. The molecular formula is C15H8F3NO5S. The lowest BCUT2D eigenvalue weighted by Gasteiger charge is -2.12. The number of imide groups is 1. The molecule has 25 heavy (non-hydrogen) atoms. The Morgan fingerprint density at radius 2 is 1.40 bits per heavy atom. The molecule has 1 aliphatic heterocycles. The molecule has 0 spiro atoms. The molecule has 3 rings (SSSR count). The van der Waals surface area contributed by atoms with E-state index in [1.165, 1.54) is 12.1 Å². The van der Waals surface area contributed by atoms with Crippen LogP contribution >= 0.6 is 0 Å². The molecule has 2 aromatic rings. The monoisotopic (exact) mass is 371 g/mol. The van der Waals surface area contributed by atoms with E-state index >= 15 is 0 Å². The van der Waals surface area contributed by atoms with Crippen LogP contribution in [0.4, 0.5) is 13.2 Å². The van der Waals surface area contributed by atoms with Crippen molar-refractivity contribution in [2.75, 3.05) is 0 Å². The van der Waals surface area contributed by atoms with Crippen molar-refractivity contribution in [3.05, 3.63) is 65.2 Å². The summed E-state index contributed by atoms with van der Waals surface area (Å²) in [6.07, 6.45) is -4.52. The fraction of sp³-hybridized carbons (Fsp3) is 0.0667. The molecule has 0 aromatic heterocycles.